The Morgan fingerprint density at radius 3 is 1.88 bits per heavy atom. The molecule has 0 radical (unpaired) electrons. The quantitative estimate of drug-likeness (QED) is 0.242. The highest BCUT2D eigenvalue weighted by atomic mass is 16.7. The number of hydrogen-bond acceptors (Lipinski definition) is 8. The average molecular weight is 547 g/mol. The number of carbonyl (C=O) groups is 4. The van der Waals surface area contributed by atoms with Crippen molar-refractivity contribution in [3.63, 3.8) is 0 Å². The van der Waals surface area contributed by atoms with Crippen molar-refractivity contribution in [1.29, 1.82) is 0 Å². The largest absolute Gasteiger partial charge is 0.394 e. The number of carbonyl (C=O) groups excluding carboxylic acids is 4. The normalized spacial score (nSPS) is 17.4. The number of hydrogen-bond donors (Lipinski definition) is 1. The van der Waals surface area contributed by atoms with Crippen LogP contribution >= 0.6 is 0 Å². The summed E-state index contributed by atoms with van der Waals surface area (Å²) in [5, 5.41) is 9.52. The maximum Gasteiger partial charge on any atom is 0.360 e. The SMILES string of the molecule is O=C1N(COCCO)C(=O)C(OCc2ccccc2)(C(=O)CCc2ccccc2)C(=O)N1OCc1ccccc1. The lowest BCUT2D eigenvalue weighted by Crippen LogP contribution is -2.72. The molecule has 3 aromatic rings. The van der Waals surface area contributed by atoms with Gasteiger partial charge in [-0.25, -0.2) is 9.69 Å². The second-order valence-corrected chi connectivity index (χ2v) is 9.00. The third-order valence-corrected chi connectivity index (χ3v) is 6.27. The molecule has 10 heteroatoms. The number of imide groups is 2. The first-order chi connectivity index (χ1) is 19.5. The van der Waals surface area contributed by atoms with Crippen molar-refractivity contribution in [2.24, 2.45) is 0 Å². The number of aliphatic hydroxyl groups excluding tert-OH is 1. The smallest absolute Gasteiger partial charge is 0.360 e. The minimum absolute atomic E-state index is 0.185. The van der Waals surface area contributed by atoms with Crippen LogP contribution in [0.1, 0.15) is 23.1 Å². The number of hydroxylamine groups is 2. The molecule has 1 saturated heterocycles. The standard InChI is InChI=1S/C30H30N2O8/c33-18-19-38-22-31-27(35)30(39-20-24-12-6-2-7-13-24,26(34)17-16-23-10-4-1-5-11-23)28(36)32(29(31)37)40-21-25-14-8-3-9-15-25/h1-15,33H,16-22H2. The first kappa shape index (κ1) is 28.8. The van der Waals surface area contributed by atoms with Gasteiger partial charge in [0.1, 0.15) is 13.3 Å². The fraction of sp³-hybridized carbons (Fsp3) is 0.267. The molecule has 10 nitrogen and oxygen atoms in total. The number of amides is 4. The molecule has 1 atom stereocenters. The van der Waals surface area contributed by atoms with Gasteiger partial charge in [0.2, 0.25) is 0 Å². The molecule has 1 aliphatic rings. The summed E-state index contributed by atoms with van der Waals surface area (Å²) >= 11 is 0. The lowest BCUT2D eigenvalue weighted by molar-refractivity contribution is -0.215. The predicted molar refractivity (Wildman–Crippen MR) is 142 cm³/mol. The van der Waals surface area contributed by atoms with Gasteiger partial charge in [-0.2, -0.15) is 0 Å². The Labute approximate surface area is 231 Å². The highest BCUT2D eigenvalue weighted by Crippen LogP contribution is 2.30. The van der Waals surface area contributed by atoms with Gasteiger partial charge in [0.15, 0.2) is 5.78 Å². The number of aliphatic hydroxyl groups is 1. The number of Topliss-reactive ketones (excluding diaryl/α,β-unsaturated/α-hetero) is 1. The van der Waals surface area contributed by atoms with Crippen molar-refractivity contribution in [2.45, 2.75) is 31.7 Å². The van der Waals surface area contributed by atoms with Crippen LogP contribution in [0.2, 0.25) is 0 Å². The van der Waals surface area contributed by atoms with Crippen LogP contribution in [0.25, 0.3) is 0 Å². The number of benzene rings is 3. The van der Waals surface area contributed by atoms with Gasteiger partial charge in [-0.3, -0.25) is 19.2 Å². The molecule has 0 bridgehead atoms. The first-order valence-electron chi connectivity index (χ1n) is 12.8. The molecule has 40 heavy (non-hydrogen) atoms. The van der Waals surface area contributed by atoms with E-state index in [0.29, 0.717) is 21.1 Å². The van der Waals surface area contributed by atoms with Crippen LogP contribution in [0.4, 0.5) is 4.79 Å². The van der Waals surface area contributed by atoms with Crippen LogP contribution < -0.4 is 0 Å². The molecule has 1 aliphatic heterocycles. The monoisotopic (exact) mass is 546 g/mol. The Kier molecular flexibility index (Phi) is 9.87. The van der Waals surface area contributed by atoms with Crippen molar-refractivity contribution < 1.29 is 38.6 Å². The molecule has 0 saturated carbocycles. The topological polar surface area (TPSA) is 123 Å². The number of nitrogens with zero attached hydrogens (tertiary/aromatic N) is 2. The highest BCUT2D eigenvalue weighted by molar-refractivity contribution is 6.33. The van der Waals surface area contributed by atoms with E-state index in [4.69, 9.17) is 19.4 Å². The number of ether oxygens (including phenoxy) is 2. The molecule has 0 aliphatic carbocycles. The van der Waals surface area contributed by atoms with Crippen molar-refractivity contribution >= 4 is 23.6 Å². The summed E-state index contributed by atoms with van der Waals surface area (Å²) in [5.74, 6) is -3.23. The second-order valence-electron chi connectivity index (χ2n) is 9.00. The number of rotatable bonds is 14. The zero-order valence-corrected chi connectivity index (χ0v) is 21.8. The van der Waals surface area contributed by atoms with E-state index in [-0.39, 0.29) is 39.3 Å². The van der Waals surface area contributed by atoms with Crippen molar-refractivity contribution in [2.75, 3.05) is 19.9 Å². The van der Waals surface area contributed by atoms with Crippen LogP contribution in [-0.2, 0) is 48.3 Å². The Balaban J connectivity index is 1.69. The van der Waals surface area contributed by atoms with Gasteiger partial charge in [-0.05, 0) is 23.1 Å². The summed E-state index contributed by atoms with van der Waals surface area (Å²) in [6, 6.07) is 25.5. The molecule has 1 N–H and O–H groups in total. The van der Waals surface area contributed by atoms with E-state index < -0.39 is 36.0 Å². The third kappa shape index (κ3) is 6.49. The Bertz CT molecular complexity index is 1300. The molecule has 1 fully saturated rings. The van der Waals surface area contributed by atoms with Gasteiger partial charge in [0, 0.05) is 6.42 Å². The van der Waals surface area contributed by atoms with E-state index in [2.05, 4.69) is 0 Å². The third-order valence-electron chi connectivity index (χ3n) is 6.27. The van der Waals surface area contributed by atoms with Crippen LogP contribution in [0.5, 0.6) is 0 Å². The summed E-state index contributed by atoms with van der Waals surface area (Å²) < 4.78 is 11.2. The maximum absolute atomic E-state index is 13.9. The van der Waals surface area contributed by atoms with E-state index in [1.807, 2.05) is 30.3 Å². The lowest BCUT2D eigenvalue weighted by atomic mass is 9.89. The fourth-order valence-corrected chi connectivity index (χ4v) is 4.16. The highest BCUT2D eigenvalue weighted by Gasteiger charge is 2.64. The molecule has 0 aromatic heterocycles. The molecular weight excluding hydrogens is 516 g/mol. The minimum atomic E-state index is -2.70. The molecule has 1 heterocycles. The lowest BCUT2D eigenvalue weighted by Gasteiger charge is -2.41. The van der Waals surface area contributed by atoms with Gasteiger partial charge >= 0.3 is 11.9 Å². The number of barbiturate groups is 1. The molecule has 4 amide bonds. The van der Waals surface area contributed by atoms with Gasteiger partial charge in [-0.1, -0.05) is 91.0 Å². The summed E-state index contributed by atoms with van der Waals surface area (Å²) in [4.78, 5) is 61.2. The van der Waals surface area contributed by atoms with Crippen molar-refractivity contribution in [3.8, 4) is 0 Å². The maximum atomic E-state index is 13.9. The summed E-state index contributed by atoms with van der Waals surface area (Å²) in [6.45, 7) is -1.63. The van der Waals surface area contributed by atoms with Gasteiger partial charge < -0.3 is 14.6 Å². The Hall–Kier alpha value is -4.22. The number of urea groups is 1. The second kappa shape index (κ2) is 13.7. The summed E-state index contributed by atoms with van der Waals surface area (Å²) in [6.07, 6.45) is 0.0127. The van der Waals surface area contributed by atoms with Gasteiger partial charge in [0.05, 0.1) is 19.8 Å². The minimum Gasteiger partial charge on any atom is -0.394 e. The van der Waals surface area contributed by atoms with E-state index in [0.717, 1.165) is 5.56 Å². The summed E-state index contributed by atoms with van der Waals surface area (Å²) in [5.41, 5.74) is -0.622. The molecule has 4 rings (SSSR count). The summed E-state index contributed by atoms with van der Waals surface area (Å²) in [7, 11) is 0. The van der Waals surface area contributed by atoms with Crippen molar-refractivity contribution in [1.82, 2.24) is 9.96 Å². The zero-order valence-electron chi connectivity index (χ0n) is 21.8. The van der Waals surface area contributed by atoms with E-state index in [1.165, 1.54) is 0 Å². The molecule has 0 spiro atoms. The van der Waals surface area contributed by atoms with E-state index in [1.54, 1.807) is 60.7 Å². The molecule has 1 unspecified atom stereocenters. The number of ketones is 1. The van der Waals surface area contributed by atoms with E-state index in [9.17, 15) is 19.2 Å². The van der Waals surface area contributed by atoms with Crippen LogP contribution in [0.15, 0.2) is 91.0 Å². The zero-order chi connectivity index (χ0) is 28.4. The molecule has 3 aromatic carbocycles. The Morgan fingerprint density at radius 1 is 0.750 bits per heavy atom. The number of aryl methyl sites for hydroxylation is 1. The molecular formula is C30H30N2O8. The van der Waals surface area contributed by atoms with Crippen LogP contribution in [0, 0.1) is 0 Å². The predicted octanol–water partition coefficient (Wildman–Crippen LogP) is 3.03. The van der Waals surface area contributed by atoms with Crippen molar-refractivity contribution in [3.05, 3.63) is 108 Å². The average Bonchev–Trinajstić information content (AvgIpc) is 2.99. The molecule has 208 valence electrons. The van der Waals surface area contributed by atoms with Gasteiger partial charge in [-0.15, -0.1) is 5.06 Å². The Morgan fingerprint density at radius 2 is 1.30 bits per heavy atom. The fourth-order valence-electron chi connectivity index (χ4n) is 4.16. The van der Waals surface area contributed by atoms with E-state index >= 15 is 0 Å². The van der Waals surface area contributed by atoms with Gasteiger partial charge in [0.25, 0.3) is 11.5 Å². The van der Waals surface area contributed by atoms with Crippen LogP contribution in [-0.4, -0.2) is 64.2 Å². The first-order valence-corrected chi connectivity index (χ1v) is 12.8. The van der Waals surface area contributed by atoms with Crippen LogP contribution in [0.3, 0.4) is 0 Å².